The SMILES string of the molecule is Cc1ccc(C(C)NCc2cc(F)cc(/C(N)=N/O)c2)o1. The van der Waals surface area contributed by atoms with Crippen LogP contribution in [0, 0.1) is 12.7 Å². The Morgan fingerprint density at radius 2 is 2.19 bits per heavy atom. The van der Waals surface area contributed by atoms with Gasteiger partial charge in [-0.2, -0.15) is 0 Å². The highest BCUT2D eigenvalue weighted by molar-refractivity contribution is 5.97. The number of benzene rings is 1. The van der Waals surface area contributed by atoms with Crippen molar-refractivity contribution < 1.29 is 14.0 Å². The number of furan rings is 1. The molecule has 6 heteroatoms. The van der Waals surface area contributed by atoms with Gasteiger partial charge < -0.3 is 20.7 Å². The maximum Gasteiger partial charge on any atom is 0.170 e. The molecule has 2 aromatic rings. The fourth-order valence-corrected chi connectivity index (χ4v) is 2.02. The van der Waals surface area contributed by atoms with Crippen LogP contribution in [0.1, 0.15) is 35.6 Å². The van der Waals surface area contributed by atoms with Crippen LogP contribution in [0.2, 0.25) is 0 Å². The molecule has 0 amide bonds. The summed E-state index contributed by atoms with van der Waals surface area (Å²) < 4.78 is 19.1. The van der Waals surface area contributed by atoms with Gasteiger partial charge in [0.1, 0.15) is 17.3 Å². The molecule has 5 nitrogen and oxygen atoms in total. The maximum atomic E-state index is 13.5. The zero-order valence-corrected chi connectivity index (χ0v) is 11.9. The Labute approximate surface area is 122 Å². The molecular formula is C15H18FN3O2. The fraction of sp³-hybridized carbons (Fsp3) is 0.267. The van der Waals surface area contributed by atoms with Gasteiger partial charge in [0, 0.05) is 12.1 Å². The number of oxime groups is 1. The molecule has 0 spiro atoms. The van der Waals surface area contributed by atoms with Crippen LogP contribution >= 0.6 is 0 Å². The van der Waals surface area contributed by atoms with E-state index in [4.69, 9.17) is 15.4 Å². The molecule has 0 aliphatic carbocycles. The molecule has 0 fully saturated rings. The van der Waals surface area contributed by atoms with E-state index in [0.29, 0.717) is 17.7 Å². The average molecular weight is 291 g/mol. The van der Waals surface area contributed by atoms with Gasteiger partial charge in [0.05, 0.1) is 6.04 Å². The minimum absolute atomic E-state index is 0.00530. The maximum absolute atomic E-state index is 13.5. The van der Waals surface area contributed by atoms with Crippen LogP contribution in [0.15, 0.2) is 39.9 Å². The standard InChI is InChI=1S/C15H18FN3O2/c1-9-3-4-14(21-9)10(2)18-8-11-5-12(15(17)19-20)7-13(16)6-11/h3-7,10,18,20H,8H2,1-2H3,(H2,17,19). The zero-order chi connectivity index (χ0) is 15.4. The molecule has 1 aromatic carbocycles. The van der Waals surface area contributed by atoms with Crippen molar-refractivity contribution >= 4 is 5.84 Å². The molecule has 0 bridgehead atoms. The van der Waals surface area contributed by atoms with Crippen LogP contribution < -0.4 is 11.1 Å². The van der Waals surface area contributed by atoms with Crippen LogP contribution in [0.25, 0.3) is 0 Å². The number of rotatable bonds is 5. The van der Waals surface area contributed by atoms with Crippen molar-refractivity contribution in [2.24, 2.45) is 10.9 Å². The summed E-state index contributed by atoms with van der Waals surface area (Å²) in [6.07, 6.45) is 0. The van der Waals surface area contributed by atoms with E-state index in [1.165, 1.54) is 12.1 Å². The second-order valence-electron chi connectivity index (χ2n) is 4.88. The smallest absolute Gasteiger partial charge is 0.170 e. The highest BCUT2D eigenvalue weighted by atomic mass is 19.1. The van der Waals surface area contributed by atoms with Crippen LogP contribution in [-0.4, -0.2) is 11.0 Å². The molecule has 21 heavy (non-hydrogen) atoms. The summed E-state index contributed by atoms with van der Waals surface area (Å²) in [5.74, 6) is 1.11. The van der Waals surface area contributed by atoms with Crippen molar-refractivity contribution in [3.8, 4) is 0 Å². The third-order valence-electron chi connectivity index (χ3n) is 3.16. The number of nitrogens with zero attached hydrogens (tertiary/aromatic N) is 1. The van der Waals surface area contributed by atoms with Crippen molar-refractivity contribution in [3.05, 3.63) is 58.8 Å². The van der Waals surface area contributed by atoms with Gasteiger partial charge in [-0.1, -0.05) is 5.16 Å². The summed E-state index contributed by atoms with van der Waals surface area (Å²) in [5.41, 5.74) is 6.52. The van der Waals surface area contributed by atoms with Crippen molar-refractivity contribution in [2.75, 3.05) is 0 Å². The minimum Gasteiger partial charge on any atom is -0.465 e. The summed E-state index contributed by atoms with van der Waals surface area (Å²) in [6.45, 7) is 4.28. The Hall–Kier alpha value is -2.34. The number of amidine groups is 1. The molecular weight excluding hydrogens is 273 g/mol. The van der Waals surface area contributed by atoms with E-state index < -0.39 is 5.82 Å². The Balaban J connectivity index is 2.08. The lowest BCUT2D eigenvalue weighted by Gasteiger charge is -2.12. The van der Waals surface area contributed by atoms with Crippen molar-refractivity contribution in [1.82, 2.24) is 5.32 Å². The number of hydrogen-bond donors (Lipinski definition) is 3. The third kappa shape index (κ3) is 3.82. The molecule has 4 N–H and O–H groups in total. The number of aryl methyl sites for hydroxylation is 1. The van der Waals surface area contributed by atoms with E-state index in [-0.39, 0.29) is 11.9 Å². The molecule has 0 aliphatic heterocycles. The van der Waals surface area contributed by atoms with Gasteiger partial charge in [0.15, 0.2) is 5.84 Å². The van der Waals surface area contributed by atoms with Gasteiger partial charge in [0.2, 0.25) is 0 Å². The summed E-state index contributed by atoms with van der Waals surface area (Å²) in [5, 5.41) is 14.8. The molecule has 1 unspecified atom stereocenters. The van der Waals surface area contributed by atoms with Gasteiger partial charge >= 0.3 is 0 Å². The number of nitrogens with one attached hydrogen (secondary N) is 1. The lowest BCUT2D eigenvalue weighted by atomic mass is 10.1. The van der Waals surface area contributed by atoms with Crippen LogP contribution in [-0.2, 0) is 6.54 Å². The lowest BCUT2D eigenvalue weighted by molar-refractivity contribution is 0.318. The Kier molecular flexibility index (Phi) is 4.59. The largest absolute Gasteiger partial charge is 0.465 e. The summed E-state index contributed by atoms with van der Waals surface area (Å²) in [6, 6.07) is 8.09. The predicted octanol–water partition coefficient (Wildman–Crippen LogP) is 2.67. The van der Waals surface area contributed by atoms with Crippen molar-refractivity contribution in [2.45, 2.75) is 26.4 Å². The molecule has 2 rings (SSSR count). The van der Waals surface area contributed by atoms with Crippen LogP contribution in [0.5, 0.6) is 0 Å². The third-order valence-corrected chi connectivity index (χ3v) is 3.16. The van der Waals surface area contributed by atoms with E-state index in [9.17, 15) is 4.39 Å². The summed E-state index contributed by atoms with van der Waals surface area (Å²) in [7, 11) is 0. The zero-order valence-electron chi connectivity index (χ0n) is 11.9. The average Bonchev–Trinajstić information content (AvgIpc) is 2.90. The molecule has 1 aromatic heterocycles. The Morgan fingerprint density at radius 3 is 2.81 bits per heavy atom. The number of halogens is 1. The van der Waals surface area contributed by atoms with Gasteiger partial charge in [-0.3, -0.25) is 0 Å². The van der Waals surface area contributed by atoms with Gasteiger partial charge in [-0.15, -0.1) is 0 Å². The van der Waals surface area contributed by atoms with E-state index in [0.717, 1.165) is 11.5 Å². The normalized spacial score (nSPS) is 13.4. The lowest BCUT2D eigenvalue weighted by Crippen LogP contribution is -2.19. The second-order valence-corrected chi connectivity index (χ2v) is 4.88. The highest BCUT2D eigenvalue weighted by Crippen LogP contribution is 2.17. The van der Waals surface area contributed by atoms with Crippen molar-refractivity contribution in [3.63, 3.8) is 0 Å². The number of nitrogens with two attached hydrogens (primary N) is 1. The minimum atomic E-state index is -0.433. The van der Waals surface area contributed by atoms with Crippen molar-refractivity contribution in [1.29, 1.82) is 0 Å². The van der Waals surface area contributed by atoms with E-state index in [1.807, 2.05) is 26.0 Å². The van der Waals surface area contributed by atoms with Crippen LogP contribution in [0.3, 0.4) is 0 Å². The Bertz CT molecular complexity index is 652. The molecule has 0 saturated carbocycles. The summed E-state index contributed by atoms with van der Waals surface area (Å²) in [4.78, 5) is 0. The molecule has 0 radical (unpaired) electrons. The first-order valence-electron chi connectivity index (χ1n) is 6.56. The first-order valence-corrected chi connectivity index (χ1v) is 6.56. The first kappa shape index (κ1) is 15.1. The molecule has 0 aliphatic rings. The first-order chi connectivity index (χ1) is 9.99. The van der Waals surface area contributed by atoms with E-state index >= 15 is 0 Å². The fourth-order valence-electron chi connectivity index (χ4n) is 2.02. The molecule has 1 heterocycles. The molecule has 112 valence electrons. The predicted molar refractivity (Wildman–Crippen MR) is 77.6 cm³/mol. The van der Waals surface area contributed by atoms with Gasteiger partial charge in [-0.25, -0.2) is 4.39 Å². The van der Waals surface area contributed by atoms with E-state index in [2.05, 4.69) is 10.5 Å². The summed E-state index contributed by atoms with van der Waals surface area (Å²) >= 11 is 0. The van der Waals surface area contributed by atoms with Crippen LogP contribution in [0.4, 0.5) is 4.39 Å². The molecule has 1 atom stereocenters. The molecule has 0 saturated heterocycles. The Morgan fingerprint density at radius 1 is 1.43 bits per heavy atom. The quantitative estimate of drug-likeness (QED) is 0.342. The monoisotopic (exact) mass is 291 g/mol. The highest BCUT2D eigenvalue weighted by Gasteiger charge is 2.10. The van der Waals surface area contributed by atoms with Gasteiger partial charge in [-0.05, 0) is 49.7 Å². The second kappa shape index (κ2) is 6.41. The topological polar surface area (TPSA) is 83.8 Å². The van der Waals surface area contributed by atoms with Gasteiger partial charge in [0.25, 0.3) is 0 Å². The van der Waals surface area contributed by atoms with E-state index in [1.54, 1.807) is 6.07 Å². The number of hydrogen-bond acceptors (Lipinski definition) is 4.